The molecular weight excluding hydrogens is 274 g/mol. The summed E-state index contributed by atoms with van der Waals surface area (Å²) < 4.78 is 0. The molecule has 0 bridgehead atoms. The van der Waals surface area contributed by atoms with Gasteiger partial charge < -0.3 is 10.4 Å². The van der Waals surface area contributed by atoms with E-state index >= 15 is 0 Å². The topological polar surface area (TPSA) is 49.3 Å². The van der Waals surface area contributed by atoms with Crippen molar-refractivity contribution in [1.29, 1.82) is 0 Å². The van der Waals surface area contributed by atoms with E-state index < -0.39 is 0 Å². The molecule has 3 heteroatoms. The molecule has 0 heterocycles. The highest BCUT2D eigenvalue weighted by Gasteiger charge is 2.04. The SMILES string of the molecule is CCCCCCC(=O)NCCc1cccc2ccc(O)cc12. The molecule has 2 N–H and O–H groups in total. The summed E-state index contributed by atoms with van der Waals surface area (Å²) in [5.41, 5.74) is 1.15. The zero-order chi connectivity index (χ0) is 15.8. The number of carbonyl (C=O) groups excluding carboxylic acids is 1. The summed E-state index contributed by atoms with van der Waals surface area (Å²) >= 11 is 0. The first-order valence-corrected chi connectivity index (χ1v) is 8.18. The van der Waals surface area contributed by atoms with E-state index in [1.54, 1.807) is 12.1 Å². The van der Waals surface area contributed by atoms with Crippen LogP contribution in [0, 0.1) is 0 Å². The largest absolute Gasteiger partial charge is 0.508 e. The van der Waals surface area contributed by atoms with Crippen molar-refractivity contribution in [3.8, 4) is 5.75 Å². The lowest BCUT2D eigenvalue weighted by Gasteiger charge is -2.08. The number of fused-ring (bicyclic) bond motifs is 1. The lowest BCUT2D eigenvalue weighted by atomic mass is 10.0. The molecule has 0 aliphatic heterocycles. The Bertz CT molecular complexity index is 622. The molecule has 2 rings (SSSR count). The van der Waals surface area contributed by atoms with Gasteiger partial charge in [0.05, 0.1) is 0 Å². The first-order chi connectivity index (χ1) is 10.7. The van der Waals surface area contributed by atoms with Crippen molar-refractivity contribution in [2.45, 2.75) is 45.4 Å². The van der Waals surface area contributed by atoms with Gasteiger partial charge in [-0.25, -0.2) is 0 Å². The van der Waals surface area contributed by atoms with E-state index in [2.05, 4.69) is 18.3 Å². The number of unbranched alkanes of at least 4 members (excludes halogenated alkanes) is 3. The van der Waals surface area contributed by atoms with Crippen LogP contribution >= 0.6 is 0 Å². The number of aromatic hydroxyl groups is 1. The van der Waals surface area contributed by atoms with Crippen molar-refractivity contribution >= 4 is 16.7 Å². The van der Waals surface area contributed by atoms with Crippen molar-refractivity contribution in [2.75, 3.05) is 6.54 Å². The van der Waals surface area contributed by atoms with Gasteiger partial charge in [0.1, 0.15) is 5.75 Å². The quantitative estimate of drug-likeness (QED) is 0.719. The summed E-state index contributed by atoms with van der Waals surface area (Å²) in [6.45, 7) is 2.81. The third-order valence-electron chi connectivity index (χ3n) is 3.93. The first kappa shape index (κ1) is 16.3. The smallest absolute Gasteiger partial charge is 0.220 e. The van der Waals surface area contributed by atoms with Crippen molar-refractivity contribution in [3.63, 3.8) is 0 Å². The molecule has 0 unspecified atom stereocenters. The van der Waals surface area contributed by atoms with Crippen LogP contribution in [0.1, 0.15) is 44.6 Å². The summed E-state index contributed by atoms with van der Waals surface area (Å²) in [5.74, 6) is 0.416. The Morgan fingerprint density at radius 3 is 2.82 bits per heavy atom. The molecule has 118 valence electrons. The van der Waals surface area contributed by atoms with E-state index in [-0.39, 0.29) is 11.7 Å². The summed E-state index contributed by atoms with van der Waals surface area (Å²) in [4.78, 5) is 11.8. The number of phenolic OH excluding ortho intramolecular Hbond substituents is 1. The van der Waals surface area contributed by atoms with Crippen LogP contribution in [-0.2, 0) is 11.2 Å². The lowest BCUT2D eigenvalue weighted by Crippen LogP contribution is -2.25. The zero-order valence-electron chi connectivity index (χ0n) is 13.3. The fourth-order valence-electron chi connectivity index (χ4n) is 2.68. The minimum Gasteiger partial charge on any atom is -0.508 e. The summed E-state index contributed by atoms with van der Waals surface area (Å²) in [6, 6.07) is 11.5. The Labute approximate surface area is 132 Å². The van der Waals surface area contributed by atoms with Gasteiger partial charge >= 0.3 is 0 Å². The van der Waals surface area contributed by atoms with Crippen LogP contribution in [0.4, 0.5) is 0 Å². The van der Waals surface area contributed by atoms with E-state index in [0.717, 1.165) is 35.6 Å². The maximum Gasteiger partial charge on any atom is 0.220 e. The second-order valence-corrected chi connectivity index (χ2v) is 5.73. The first-order valence-electron chi connectivity index (χ1n) is 8.18. The molecule has 0 aliphatic carbocycles. The minimum absolute atomic E-state index is 0.138. The molecule has 0 spiro atoms. The Kier molecular flexibility index (Phi) is 6.26. The number of hydrogen-bond donors (Lipinski definition) is 2. The number of phenols is 1. The lowest BCUT2D eigenvalue weighted by molar-refractivity contribution is -0.121. The number of carbonyl (C=O) groups is 1. The zero-order valence-corrected chi connectivity index (χ0v) is 13.3. The molecule has 0 fully saturated rings. The fourth-order valence-corrected chi connectivity index (χ4v) is 2.68. The van der Waals surface area contributed by atoms with Crippen LogP contribution in [0.5, 0.6) is 5.75 Å². The molecule has 0 aromatic heterocycles. The Hall–Kier alpha value is -2.03. The molecule has 1 amide bonds. The molecular formula is C19H25NO2. The van der Waals surface area contributed by atoms with Crippen molar-refractivity contribution in [1.82, 2.24) is 5.32 Å². The predicted octanol–water partition coefficient (Wildman–Crippen LogP) is 4.17. The van der Waals surface area contributed by atoms with Gasteiger partial charge in [-0.3, -0.25) is 4.79 Å². The second kappa shape index (κ2) is 8.42. The van der Waals surface area contributed by atoms with Crippen molar-refractivity contribution < 1.29 is 9.90 Å². The van der Waals surface area contributed by atoms with Crippen LogP contribution in [0.3, 0.4) is 0 Å². The third kappa shape index (κ3) is 4.76. The standard InChI is InChI=1S/C19H25NO2/c1-2-3-4-5-9-19(22)20-13-12-16-8-6-7-15-10-11-17(21)14-18(15)16/h6-8,10-11,14,21H,2-5,9,12-13H2,1H3,(H,20,22). The average Bonchev–Trinajstić information content (AvgIpc) is 2.52. The maximum atomic E-state index is 11.8. The van der Waals surface area contributed by atoms with E-state index in [4.69, 9.17) is 0 Å². The van der Waals surface area contributed by atoms with Gasteiger partial charge in [0, 0.05) is 13.0 Å². The molecule has 0 atom stereocenters. The Morgan fingerprint density at radius 2 is 2.00 bits per heavy atom. The number of rotatable bonds is 8. The highest BCUT2D eigenvalue weighted by molar-refractivity contribution is 5.87. The molecule has 0 radical (unpaired) electrons. The maximum absolute atomic E-state index is 11.8. The highest BCUT2D eigenvalue weighted by Crippen LogP contribution is 2.23. The summed E-state index contributed by atoms with van der Waals surface area (Å²) in [7, 11) is 0. The summed E-state index contributed by atoms with van der Waals surface area (Å²) in [6.07, 6.45) is 5.90. The van der Waals surface area contributed by atoms with Gasteiger partial charge in [-0.15, -0.1) is 0 Å². The molecule has 0 saturated carbocycles. The third-order valence-corrected chi connectivity index (χ3v) is 3.93. The molecule has 2 aromatic rings. The average molecular weight is 299 g/mol. The normalized spacial score (nSPS) is 10.8. The predicted molar refractivity (Wildman–Crippen MR) is 91.1 cm³/mol. The van der Waals surface area contributed by atoms with Gasteiger partial charge in [0.2, 0.25) is 5.91 Å². The Morgan fingerprint density at radius 1 is 1.14 bits per heavy atom. The van der Waals surface area contributed by atoms with Crippen molar-refractivity contribution in [3.05, 3.63) is 42.0 Å². The Balaban J connectivity index is 1.84. The fraction of sp³-hybridized carbons (Fsp3) is 0.421. The van der Waals surface area contributed by atoms with Gasteiger partial charge in [-0.05, 0) is 41.3 Å². The summed E-state index contributed by atoms with van der Waals surface area (Å²) in [5, 5.41) is 14.8. The highest BCUT2D eigenvalue weighted by atomic mass is 16.3. The molecule has 0 saturated heterocycles. The van der Waals surface area contributed by atoms with E-state index in [9.17, 15) is 9.90 Å². The van der Waals surface area contributed by atoms with Gasteiger partial charge in [-0.2, -0.15) is 0 Å². The van der Waals surface area contributed by atoms with Crippen LogP contribution in [0.15, 0.2) is 36.4 Å². The number of amides is 1. The van der Waals surface area contributed by atoms with Gasteiger partial charge in [-0.1, -0.05) is 50.5 Å². The molecule has 2 aromatic carbocycles. The van der Waals surface area contributed by atoms with Crippen LogP contribution in [0.2, 0.25) is 0 Å². The van der Waals surface area contributed by atoms with E-state index in [1.165, 1.54) is 12.8 Å². The number of benzene rings is 2. The van der Waals surface area contributed by atoms with Gasteiger partial charge in [0.25, 0.3) is 0 Å². The molecule has 0 aliphatic rings. The van der Waals surface area contributed by atoms with Crippen LogP contribution in [-0.4, -0.2) is 17.6 Å². The number of hydrogen-bond acceptors (Lipinski definition) is 2. The van der Waals surface area contributed by atoms with Crippen molar-refractivity contribution in [2.24, 2.45) is 0 Å². The van der Waals surface area contributed by atoms with Crippen LogP contribution in [0.25, 0.3) is 10.8 Å². The van der Waals surface area contributed by atoms with E-state index in [1.807, 2.05) is 18.2 Å². The molecule has 3 nitrogen and oxygen atoms in total. The van der Waals surface area contributed by atoms with Crippen LogP contribution < -0.4 is 5.32 Å². The molecule has 22 heavy (non-hydrogen) atoms. The monoisotopic (exact) mass is 299 g/mol. The number of nitrogens with one attached hydrogen (secondary N) is 1. The minimum atomic E-state index is 0.138. The second-order valence-electron chi connectivity index (χ2n) is 5.73. The van der Waals surface area contributed by atoms with E-state index in [0.29, 0.717) is 13.0 Å². The van der Waals surface area contributed by atoms with Gasteiger partial charge in [0.15, 0.2) is 0 Å².